The third kappa shape index (κ3) is 3.31. The van der Waals surface area contributed by atoms with Crippen molar-refractivity contribution in [3.8, 4) is 0 Å². The van der Waals surface area contributed by atoms with Crippen LogP contribution in [0.1, 0.15) is 24.4 Å². The lowest BCUT2D eigenvalue weighted by atomic mass is 10.1. The van der Waals surface area contributed by atoms with Gasteiger partial charge in [-0.2, -0.15) is 0 Å². The van der Waals surface area contributed by atoms with Gasteiger partial charge in [0, 0.05) is 31.4 Å². The monoisotopic (exact) mass is 267 g/mol. The number of aromatic nitrogens is 2. The minimum absolute atomic E-state index is 0.123. The molecule has 1 unspecified atom stereocenters. The summed E-state index contributed by atoms with van der Waals surface area (Å²) in [5.74, 6) is 0.565. The number of hydrogen-bond acceptors (Lipinski definition) is 2. The molecule has 1 atom stereocenters. The summed E-state index contributed by atoms with van der Waals surface area (Å²) in [6.07, 6.45) is 4.36. The Morgan fingerprint density at radius 1 is 1.50 bits per heavy atom. The van der Waals surface area contributed by atoms with Gasteiger partial charge in [0.25, 0.3) is 0 Å². The van der Waals surface area contributed by atoms with Crippen LogP contribution in [-0.2, 0) is 6.42 Å². The van der Waals surface area contributed by atoms with Gasteiger partial charge in [-0.15, -0.1) is 0 Å². The maximum absolute atomic E-state index is 13.0. The van der Waals surface area contributed by atoms with Gasteiger partial charge in [-0.25, -0.2) is 9.37 Å². The molecule has 0 amide bonds. The average molecular weight is 268 g/mol. The van der Waals surface area contributed by atoms with Crippen LogP contribution in [0.25, 0.3) is 0 Å². The molecule has 1 heterocycles. The quantitative estimate of drug-likeness (QED) is 0.874. The minimum atomic E-state index is -0.386. The number of rotatable bonds is 5. The van der Waals surface area contributed by atoms with Gasteiger partial charge < -0.3 is 10.3 Å². The van der Waals surface area contributed by atoms with E-state index in [0.717, 1.165) is 24.4 Å². The summed E-state index contributed by atoms with van der Waals surface area (Å²) in [5.41, 5.74) is 0.973. The second-order valence-electron chi connectivity index (χ2n) is 4.14. The fourth-order valence-corrected chi connectivity index (χ4v) is 1.93. The molecular formula is C13H15ClFN3. The molecular weight excluding hydrogens is 253 g/mol. The van der Waals surface area contributed by atoms with Crippen LogP contribution in [0.4, 0.5) is 4.39 Å². The molecule has 96 valence electrons. The summed E-state index contributed by atoms with van der Waals surface area (Å²) < 4.78 is 13.0. The zero-order chi connectivity index (χ0) is 13.0. The van der Waals surface area contributed by atoms with Crippen molar-refractivity contribution in [1.29, 1.82) is 0 Å². The fraction of sp³-hybridized carbons (Fsp3) is 0.308. The fourth-order valence-electron chi connectivity index (χ4n) is 1.74. The SMILES string of the molecule is CC(NCCc1ncc[nH]1)c1ccc(F)c(Cl)c1. The zero-order valence-electron chi connectivity index (χ0n) is 10.1. The minimum Gasteiger partial charge on any atom is -0.349 e. The smallest absolute Gasteiger partial charge is 0.141 e. The number of halogens is 2. The number of nitrogens with one attached hydrogen (secondary N) is 2. The van der Waals surface area contributed by atoms with Crippen LogP contribution in [0.5, 0.6) is 0 Å². The highest BCUT2D eigenvalue weighted by molar-refractivity contribution is 6.30. The van der Waals surface area contributed by atoms with Gasteiger partial charge in [0.15, 0.2) is 0 Å². The first-order chi connectivity index (χ1) is 8.66. The Balaban J connectivity index is 1.87. The average Bonchev–Trinajstić information content (AvgIpc) is 2.85. The molecule has 0 aliphatic heterocycles. The number of H-pyrrole nitrogens is 1. The topological polar surface area (TPSA) is 40.7 Å². The molecule has 1 aromatic heterocycles. The lowest BCUT2D eigenvalue weighted by molar-refractivity contribution is 0.568. The van der Waals surface area contributed by atoms with Gasteiger partial charge in [-0.3, -0.25) is 0 Å². The summed E-state index contributed by atoms with van der Waals surface area (Å²) in [6, 6.07) is 4.91. The van der Waals surface area contributed by atoms with Crippen LogP contribution in [0, 0.1) is 5.82 Å². The van der Waals surface area contributed by atoms with Gasteiger partial charge in [0.05, 0.1) is 5.02 Å². The van der Waals surface area contributed by atoms with Crippen molar-refractivity contribution in [1.82, 2.24) is 15.3 Å². The van der Waals surface area contributed by atoms with Gasteiger partial charge in [-0.1, -0.05) is 17.7 Å². The second-order valence-corrected chi connectivity index (χ2v) is 4.54. The first-order valence-corrected chi connectivity index (χ1v) is 6.21. The van der Waals surface area contributed by atoms with Crippen LogP contribution >= 0.6 is 11.6 Å². The van der Waals surface area contributed by atoms with E-state index in [-0.39, 0.29) is 16.9 Å². The number of imidazole rings is 1. The van der Waals surface area contributed by atoms with Crippen LogP contribution < -0.4 is 5.32 Å². The van der Waals surface area contributed by atoms with Gasteiger partial charge >= 0.3 is 0 Å². The third-order valence-corrected chi connectivity index (χ3v) is 3.10. The molecule has 0 spiro atoms. The molecule has 2 N–H and O–H groups in total. The summed E-state index contributed by atoms with van der Waals surface area (Å²) >= 11 is 5.76. The van der Waals surface area contributed by atoms with Gasteiger partial charge in [0.2, 0.25) is 0 Å². The van der Waals surface area contributed by atoms with Gasteiger partial charge in [-0.05, 0) is 24.6 Å². The van der Waals surface area contributed by atoms with E-state index in [0.29, 0.717) is 0 Å². The maximum Gasteiger partial charge on any atom is 0.141 e. The van der Waals surface area contributed by atoms with E-state index in [2.05, 4.69) is 15.3 Å². The first kappa shape index (κ1) is 13.1. The lowest BCUT2D eigenvalue weighted by Gasteiger charge is -2.14. The lowest BCUT2D eigenvalue weighted by Crippen LogP contribution is -2.21. The van der Waals surface area contributed by atoms with Crippen LogP contribution in [0.15, 0.2) is 30.6 Å². The molecule has 5 heteroatoms. The highest BCUT2D eigenvalue weighted by Crippen LogP contribution is 2.20. The van der Waals surface area contributed by atoms with Crippen molar-refractivity contribution >= 4 is 11.6 Å². The van der Waals surface area contributed by atoms with E-state index in [4.69, 9.17) is 11.6 Å². The summed E-state index contributed by atoms with van der Waals surface area (Å²) in [5, 5.41) is 3.50. The Morgan fingerprint density at radius 2 is 2.33 bits per heavy atom. The Bertz CT molecular complexity index is 499. The van der Waals surface area contributed by atoms with Crippen molar-refractivity contribution in [2.24, 2.45) is 0 Å². The maximum atomic E-state index is 13.0. The number of aromatic amines is 1. The first-order valence-electron chi connectivity index (χ1n) is 5.83. The Morgan fingerprint density at radius 3 is 3.00 bits per heavy atom. The van der Waals surface area contributed by atoms with Crippen LogP contribution in [0.3, 0.4) is 0 Å². The number of hydrogen-bond donors (Lipinski definition) is 2. The number of nitrogens with zero attached hydrogens (tertiary/aromatic N) is 1. The van der Waals surface area contributed by atoms with Crippen molar-refractivity contribution in [2.75, 3.05) is 6.54 Å². The van der Waals surface area contributed by atoms with E-state index >= 15 is 0 Å². The molecule has 18 heavy (non-hydrogen) atoms. The van der Waals surface area contributed by atoms with E-state index < -0.39 is 0 Å². The van der Waals surface area contributed by atoms with Crippen molar-refractivity contribution in [3.05, 3.63) is 52.8 Å². The predicted octanol–water partition coefficient (Wildman–Crippen LogP) is 3.10. The highest BCUT2D eigenvalue weighted by Gasteiger charge is 2.07. The molecule has 0 bridgehead atoms. The van der Waals surface area contributed by atoms with E-state index in [1.807, 2.05) is 6.92 Å². The largest absolute Gasteiger partial charge is 0.349 e. The van der Waals surface area contributed by atoms with Crippen LogP contribution in [0.2, 0.25) is 5.02 Å². The van der Waals surface area contributed by atoms with E-state index in [9.17, 15) is 4.39 Å². The van der Waals surface area contributed by atoms with E-state index in [1.54, 1.807) is 24.5 Å². The van der Waals surface area contributed by atoms with E-state index in [1.165, 1.54) is 6.07 Å². The molecule has 3 nitrogen and oxygen atoms in total. The molecule has 0 aliphatic carbocycles. The molecule has 2 aromatic rings. The molecule has 0 radical (unpaired) electrons. The normalized spacial score (nSPS) is 12.6. The Kier molecular flexibility index (Phi) is 4.33. The second kappa shape index (κ2) is 5.98. The van der Waals surface area contributed by atoms with Crippen molar-refractivity contribution < 1.29 is 4.39 Å². The summed E-state index contributed by atoms with van der Waals surface area (Å²) in [4.78, 5) is 7.19. The van der Waals surface area contributed by atoms with Crippen LogP contribution in [-0.4, -0.2) is 16.5 Å². The third-order valence-electron chi connectivity index (χ3n) is 2.81. The van der Waals surface area contributed by atoms with Crippen molar-refractivity contribution in [2.45, 2.75) is 19.4 Å². The Labute approximate surface area is 110 Å². The molecule has 2 rings (SSSR count). The van der Waals surface area contributed by atoms with Crippen molar-refractivity contribution in [3.63, 3.8) is 0 Å². The predicted molar refractivity (Wildman–Crippen MR) is 70.1 cm³/mol. The summed E-state index contributed by atoms with van der Waals surface area (Å²) in [6.45, 7) is 2.81. The summed E-state index contributed by atoms with van der Waals surface area (Å²) in [7, 11) is 0. The Hall–Kier alpha value is -1.39. The molecule has 1 aromatic carbocycles. The molecule has 0 fully saturated rings. The molecule has 0 saturated heterocycles. The zero-order valence-corrected chi connectivity index (χ0v) is 10.8. The standard InChI is InChI=1S/C13H15ClFN3/c1-9(10-2-3-12(15)11(14)8-10)16-5-4-13-17-6-7-18-13/h2-3,6-9,16H,4-5H2,1H3,(H,17,18). The molecule has 0 aliphatic rings. The van der Waals surface area contributed by atoms with Gasteiger partial charge in [0.1, 0.15) is 11.6 Å². The molecule has 0 saturated carbocycles. The highest BCUT2D eigenvalue weighted by atomic mass is 35.5. The number of benzene rings is 1.